The van der Waals surface area contributed by atoms with E-state index in [0.29, 0.717) is 0 Å². The number of para-hydroxylation sites is 1. The third-order valence-electron chi connectivity index (χ3n) is 19.4. The summed E-state index contributed by atoms with van der Waals surface area (Å²) in [5.41, 5.74) is 21.0. The maximum atomic E-state index is 2.53. The Morgan fingerprint density at radius 1 is 0.302 bits per heavy atom. The van der Waals surface area contributed by atoms with Crippen molar-refractivity contribution in [3.63, 3.8) is 0 Å². The molecule has 1 aliphatic rings. The molecular weight excluding hydrogens is 1030 g/mol. The average molecular weight is 1120 g/mol. The van der Waals surface area contributed by atoms with Crippen LogP contribution in [0.3, 0.4) is 0 Å². The molecule has 0 atom stereocenters. The molecule has 13 aromatic rings. The Hall–Kier alpha value is -8.26. The molecule has 1 heteroatoms. The van der Waals surface area contributed by atoms with Crippen molar-refractivity contribution < 1.29 is 0 Å². The molecule has 0 heterocycles. The Labute approximate surface area is 513 Å². The van der Waals surface area contributed by atoms with Crippen LogP contribution in [0, 0.1) is 34.6 Å². The van der Waals surface area contributed by atoms with E-state index in [1.54, 1.807) is 11.1 Å². The molecule has 0 fully saturated rings. The molecule has 13 aromatic carbocycles. The van der Waals surface area contributed by atoms with Gasteiger partial charge in [-0.2, -0.15) is 0 Å². The van der Waals surface area contributed by atoms with Gasteiger partial charge in [0.25, 0.3) is 0 Å². The van der Waals surface area contributed by atoms with Crippen molar-refractivity contribution in [3.8, 4) is 33.4 Å². The van der Waals surface area contributed by atoms with Crippen molar-refractivity contribution >= 4 is 76.0 Å². The molecule has 0 unspecified atom stereocenters. The molecule has 0 spiro atoms. The van der Waals surface area contributed by atoms with Gasteiger partial charge in [-0.3, -0.25) is 0 Å². The van der Waals surface area contributed by atoms with Gasteiger partial charge >= 0.3 is 0 Å². The second-order valence-electron chi connectivity index (χ2n) is 25.2. The van der Waals surface area contributed by atoms with Gasteiger partial charge < -0.3 is 4.90 Å². The minimum Gasteiger partial charge on any atom is -0.345 e. The fraction of sp³-hybridized carbons (Fsp3) is 0.271. The van der Waals surface area contributed by atoms with Gasteiger partial charge in [-0.1, -0.05) is 296 Å². The molecule has 0 aliphatic heterocycles. The van der Waals surface area contributed by atoms with Crippen molar-refractivity contribution in [3.05, 3.63) is 251 Å². The molecule has 86 heavy (non-hydrogen) atoms. The van der Waals surface area contributed by atoms with E-state index in [0.717, 1.165) is 0 Å². The van der Waals surface area contributed by atoms with Gasteiger partial charge in [0.05, 0.1) is 0 Å². The van der Waals surface area contributed by atoms with Crippen LogP contribution in [-0.2, 0) is 5.41 Å². The number of anilines is 2. The number of hydrogen-bond acceptors (Lipinski definition) is 1. The first-order valence-corrected chi connectivity index (χ1v) is 32.6. The Morgan fingerprint density at radius 2 is 0.663 bits per heavy atom. The van der Waals surface area contributed by atoms with Crippen molar-refractivity contribution in [2.45, 2.75) is 144 Å². The summed E-state index contributed by atoms with van der Waals surface area (Å²) in [5.74, 6) is 0. The van der Waals surface area contributed by atoms with Crippen molar-refractivity contribution in [2.24, 2.45) is 0 Å². The fourth-order valence-corrected chi connectivity index (χ4v) is 14.9. The van der Waals surface area contributed by atoms with E-state index in [2.05, 4.69) is 267 Å². The topological polar surface area (TPSA) is 3.24 Å². The van der Waals surface area contributed by atoms with Crippen LogP contribution < -0.4 is 4.90 Å². The molecule has 0 radical (unpaired) electrons. The van der Waals surface area contributed by atoms with Crippen LogP contribution in [0.25, 0.3) is 98.0 Å². The SMILES string of the molecule is CCCCCCCCC1(CCCCCCCC)c2cc(C)ccc2-c2ccc(C)cc21.Cc1ccc(N(C)c2ccccc2)cc1.Cc1ccc2c3c(-c4ccccc4)c4c5cccc6c(C)ccc(c4c(-c4ccccc4)c3c3cccc1c32)c65. The standard InChI is InChI=1S/C40H26.C31H46.C14H15N/c1-23-19-21-31-35-27(23)15-9-17-29(35)37-33(25-11-5-3-6-12-25)40-32-22-20-24(2)28-16-10-18-30(36(28)32)38(40)34(39(31)37)26-13-7-4-8-14-26;1-5-7-9-11-13-15-21-31(22-16-14-12-10-8-6-2)29-23-25(3)17-19-27(29)28-20-18-26(4)24-30(28)31;1-12-8-10-14(11-9-12)15(2)13-6-4-3-5-7-13/h3-22H,1-2H3;17-20,23-24H,5-16,21-22H2,1-4H3;3-11H,1-2H3. The van der Waals surface area contributed by atoms with Gasteiger partial charge in [0.15, 0.2) is 0 Å². The number of benzene rings is 11. The van der Waals surface area contributed by atoms with Crippen LogP contribution in [-0.4, -0.2) is 7.05 Å². The van der Waals surface area contributed by atoms with Gasteiger partial charge in [-0.15, -0.1) is 0 Å². The molecule has 1 aliphatic carbocycles. The zero-order valence-corrected chi connectivity index (χ0v) is 52.6. The maximum Gasteiger partial charge on any atom is 0.0408 e. The highest BCUT2D eigenvalue weighted by molar-refractivity contribution is 6.46. The summed E-state index contributed by atoms with van der Waals surface area (Å²) < 4.78 is 0. The van der Waals surface area contributed by atoms with Gasteiger partial charge in [-0.05, 0) is 192 Å². The Bertz CT molecular complexity index is 4120. The summed E-state index contributed by atoms with van der Waals surface area (Å²) >= 11 is 0. The van der Waals surface area contributed by atoms with E-state index < -0.39 is 0 Å². The number of rotatable bonds is 18. The smallest absolute Gasteiger partial charge is 0.0408 e. The summed E-state index contributed by atoms with van der Waals surface area (Å²) in [5, 5.41) is 16.4. The molecule has 0 saturated heterocycles. The summed E-state index contributed by atoms with van der Waals surface area (Å²) in [6.07, 6.45) is 19.2. The number of unbranched alkanes of at least 4 members (excludes halogenated alkanes) is 10. The van der Waals surface area contributed by atoms with E-state index in [9.17, 15) is 0 Å². The largest absolute Gasteiger partial charge is 0.345 e. The lowest BCUT2D eigenvalue weighted by Gasteiger charge is -2.33. The van der Waals surface area contributed by atoms with Gasteiger partial charge in [0.1, 0.15) is 0 Å². The summed E-state index contributed by atoms with van der Waals surface area (Å²) in [6.45, 7) is 15.7. The molecule has 0 N–H and O–H groups in total. The lowest BCUT2D eigenvalue weighted by atomic mass is 9.70. The summed E-state index contributed by atoms with van der Waals surface area (Å²) in [7, 11) is 2.08. The van der Waals surface area contributed by atoms with Gasteiger partial charge in [0, 0.05) is 23.8 Å². The monoisotopic (exact) mass is 1120 g/mol. The van der Waals surface area contributed by atoms with E-state index in [1.807, 2.05) is 6.07 Å². The number of fused-ring (bicyclic) bond motifs is 9. The lowest BCUT2D eigenvalue weighted by Crippen LogP contribution is -2.25. The highest BCUT2D eigenvalue weighted by atomic mass is 15.1. The van der Waals surface area contributed by atoms with Crippen LogP contribution in [0.4, 0.5) is 11.4 Å². The third kappa shape index (κ3) is 11.0. The average Bonchev–Trinajstić information content (AvgIpc) is 1.56. The quantitative estimate of drug-likeness (QED) is 0.0774. The van der Waals surface area contributed by atoms with Crippen molar-refractivity contribution in [1.29, 1.82) is 0 Å². The first kappa shape index (κ1) is 58.1. The Kier molecular flexibility index (Phi) is 17.4. The molecule has 14 rings (SSSR count). The maximum absolute atomic E-state index is 2.53. The van der Waals surface area contributed by atoms with Gasteiger partial charge in [-0.25, -0.2) is 0 Å². The predicted octanol–water partition coefficient (Wildman–Crippen LogP) is 25.3. The molecular formula is C85H87N. The zero-order chi connectivity index (χ0) is 59.3. The molecule has 0 bridgehead atoms. The van der Waals surface area contributed by atoms with Crippen molar-refractivity contribution in [2.75, 3.05) is 11.9 Å². The fourth-order valence-electron chi connectivity index (χ4n) is 14.9. The molecule has 0 saturated carbocycles. The van der Waals surface area contributed by atoms with Crippen LogP contribution >= 0.6 is 0 Å². The van der Waals surface area contributed by atoms with Gasteiger partial charge in [0.2, 0.25) is 0 Å². The zero-order valence-electron chi connectivity index (χ0n) is 52.6. The second-order valence-corrected chi connectivity index (χ2v) is 25.2. The Morgan fingerprint density at radius 3 is 1.09 bits per heavy atom. The number of nitrogens with zero attached hydrogens (tertiary/aromatic N) is 1. The highest BCUT2D eigenvalue weighted by Crippen LogP contribution is 2.57. The van der Waals surface area contributed by atoms with E-state index in [4.69, 9.17) is 0 Å². The van der Waals surface area contributed by atoms with Crippen LogP contribution in [0.2, 0.25) is 0 Å². The highest BCUT2D eigenvalue weighted by Gasteiger charge is 2.42. The van der Waals surface area contributed by atoms with E-state index >= 15 is 0 Å². The molecule has 0 amide bonds. The lowest BCUT2D eigenvalue weighted by molar-refractivity contribution is 0.397. The second kappa shape index (κ2) is 25.8. The van der Waals surface area contributed by atoms with Crippen LogP contribution in [0.5, 0.6) is 0 Å². The third-order valence-corrected chi connectivity index (χ3v) is 19.4. The Balaban J connectivity index is 0.000000139. The first-order valence-electron chi connectivity index (χ1n) is 32.6. The normalized spacial score (nSPS) is 12.5. The minimum absolute atomic E-state index is 0.234. The predicted molar refractivity (Wildman–Crippen MR) is 378 cm³/mol. The number of aryl methyl sites for hydroxylation is 5. The van der Waals surface area contributed by atoms with E-state index in [1.165, 1.54) is 227 Å². The van der Waals surface area contributed by atoms with Crippen LogP contribution in [0.15, 0.2) is 212 Å². The molecule has 0 aromatic heterocycles. The number of hydrogen-bond donors (Lipinski definition) is 0. The summed E-state index contributed by atoms with van der Waals surface area (Å²) in [6, 6.07) is 78.7. The van der Waals surface area contributed by atoms with E-state index in [-0.39, 0.29) is 5.41 Å². The first-order chi connectivity index (χ1) is 42.1. The molecule has 1 nitrogen and oxygen atoms in total. The summed E-state index contributed by atoms with van der Waals surface area (Å²) in [4.78, 5) is 2.18. The van der Waals surface area contributed by atoms with Crippen molar-refractivity contribution in [1.82, 2.24) is 0 Å². The van der Waals surface area contributed by atoms with Crippen LogP contribution in [0.1, 0.15) is 143 Å². The molecule has 432 valence electrons. The minimum atomic E-state index is 0.234.